The lowest BCUT2D eigenvalue weighted by atomic mass is 9.85. The Morgan fingerprint density at radius 3 is 1.84 bits per heavy atom. The van der Waals surface area contributed by atoms with Crippen LogP contribution in [0.25, 0.3) is 0 Å². The van der Waals surface area contributed by atoms with Crippen LogP contribution >= 0.6 is 0 Å². The standard InChI is InChI=1S/C18H31N/c1-7-12-19-18(14(4)5)15(6)17-10-8-16(9-11-17)13(2)3/h8-11,13-15,18-19H,7,12H2,1-6H3. The molecule has 2 unspecified atom stereocenters. The number of hydrogen-bond acceptors (Lipinski definition) is 1. The Bertz CT molecular complexity index is 350. The minimum absolute atomic E-state index is 0.560. The van der Waals surface area contributed by atoms with Crippen molar-refractivity contribution in [3.63, 3.8) is 0 Å². The molecule has 0 aliphatic carbocycles. The van der Waals surface area contributed by atoms with Crippen LogP contribution < -0.4 is 5.32 Å². The summed E-state index contributed by atoms with van der Waals surface area (Å²) in [6.45, 7) is 14.8. The Balaban J connectivity index is 2.80. The fraction of sp³-hybridized carbons (Fsp3) is 0.667. The summed E-state index contributed by atoms with van der Waals surface area (Å²) >= 11 is 0. The van der Waals surface area contributed by atoms with Crippen LogP contribution in [0.3, 0.4) is 0 Å². The van der Waals surface area contributed by atoms with Crippen molar-refractivity contribution < 1.29 is 0 Å². The van der Waals surface area contributed by atoms with Crippen molar-refractivity contribution >= 4 is 0 Å². The van der Waals surface area contributed by atoms with Crippen LogP contribution in [-0.4, -0.2) is 12.6 Å². The van der Waals surface area contributed by atoms with Gasteiger partial charge in [-0.1, -0.05) is 65.8 Å². The third-order valence-corrected chi connectivity index (χ3v) is 4.02. The van der Waals surface area contributed by atoms with Crippen molar-refractivity contribution in [2.45, 2.75) is 65.8 Å². The van der Waals surface area contributed by atoms with E-state index in [9.17, 15) is 0 Å². The molecule has 0 bridgehead atoms. The van der Waals surface area contributed by atoms with Gasteiger partial charge >= 0.3 is 0 Å². The normalized spacial score (nSPS) is 14.9. The number of rotatable bonds is 7. The van der Waals surface area contributed by atoms with E-state index in [0.717, 1.165) is 6.54 Å². The van der Waals surface area contributed by atoms with E-state index in [1.165, 1.54) is 17.5 Å². The van der Waals surface area contributed by atoms with Gasteiger partial charge in [0.05, 0.1) is 0 Å². The van der Waals surface area contributed by atoms with E-state index in [-0.39, 0.29) is 0 Å². The van der Waals surface area contributed by atoms with Crippen molar-refractivity contribution in [1.82, 2.24) is 5.32 Å². The van der Waals surface area contributed by atoms with Crippen LogP contribution in [0.5, 0.6) is 0 Å². The molecular formula is C18H31N. The van der Waals surface area contributed by atoms with Crippen molar-refractivity contribution in [2.75, 3.05) is 6.54 Å². The van der Waals surface area contributed by atoms with E-state index >= 15 is 0 Å². The van der Waals surface area contributed by atoms with Gasteiger partial charge < -0.3 is 5.32 Å². The first-order chi connectivity index (χ1) is 8.97. The molecule has 0 fully saturated rings. The summed E-state index contributed by atoms with van der Waals surface area (Å²) in [6, 6.07) is 9.75. The highest BCUT2D eigenvalue weighted by atomic mass is 14.9. The van der Waals surface area contributed by atoms with E-state index < -0.39 is 0 Å². The second-order valence-electron chi connectivity index (χ2n) is 6.33. The summed E-state index contributed by atoms with van der Waals surface area (Å²) in [5, 5.41) is 3.70. The van der Waals surface area contributed by atoms with Gasteiger partial charge in [-0.15, -0.1) is 0 Å². The smallest absolute Gasteiger partial charge is 0.0156 e. The fourth-order valence-corrected chi connectivity index (χ4v) is 2.69. The van der Waals surface area contributed by atoms with Gasteiger partial charge in [0, 0.05) is 6.04 Å². The molecular weight excluding hydrogens is 230 g/mol. The maximum absolute atomic E-state index is 3.70. The predicted octanol–water partition coefficient (Wildman–Crippen LogP) is 4.94. The Kier molecular flexibility index (Phi) is 6.57. The van der Waals surface area contributed by atoms with Gasteiger partial charge in [0.25, 0.3) is 0 Å². The molecule has 1 heteroatoms. The first-order valence-electron chi connectivity index (χ1n) is 7.80. The third kappa shape index (κ3) is 4.65. The zero-order valence-corrected chi connectivity index (χ0v) is 13.5. The first-order valence-corrected chi connectivity index (χ1v) is 7.80. The Morgan fingerprint density at radius 2 is 1.42 bits per heavy atom. The number of hydrogen-bond donors (Lipinski definition) is 1. The van der Waals surface area contributed by atoms with Crippen LogP contribution in [0.2, 0.25) is 0 Å². The lowest BCUT2D eigenvalue weighted by molar-refractivity contribution is 0.354. The van der Waals surface area contributed by atoms with Crippen LogP contribution in [-0.2, 0) is 0 Å². The molecule has 0 aliphatic heterocycles. The SMILES string of the molecule is CCCNC(C(C)C)C(C)c1ccc(C(C)C)cc1. The molecule has 0 amide bonds. The molecule has 0 aliphatic rings. The molecule has 108 valence electrons. The molecule has 2 atom stereocenters. The van der Waals surface area contributed by atoms with Crippen LogP contribution in [0.4, 0.5) is 0 Å². The van der Waals surface area contributed by atoms with Gasteiger partial charge in [0.2, 0.25) is 0 Å². The third-order valence-electron chi connectivity index (χ3n) is 4.02. The van der Waals surface area contributed by atoms with Crippen molar-refractivity contribution in [2.24, 2.45) is 5.92 Å². The zero-order valence-electron chi connectivity index (χ0n) is 13.5. The minimum Gasteiger partial charge on any atom is -0.313 e. The highest BCUT2D eigenvalue weighted by Gasteiger charge is 2.21. The zero-order chi connectivity index (χ0) is 14.4. The average molecular weight is 261 g/mol. The monoisotopic (exact) mass is 261 g/mol. The van der Waals surface area contributed by atoms with Gasteiger partial charge in [-0.3, -0.25) is 0 Å². The molecule has 1 aromatic rings. The fourth-order valence-electron chi connectivity index (χ4n) is 2.69. The summed E-state index contributed by atoms with van der Waals surface area (Å²) in [6.07, 6.45) is 1.20. The molecule has 0 aromatic heterocycles. The lowest BCUT2D eigenvalue weighted by Crippen LogP contribution is -2.38. The second kappa shape index (κ2) is 7.69. The lowest BCUT2D eigenvalue weighted by Gasteiger charge is -2.29. The van der Waals surface area contributed by atoms with Crippen molar-refractivity contribution in [3.05, 3.63) is 35.4 Å². The van der Waals surface area contributed by atoms with E-state index in [2.05, 4.69) is 71.1 Å². The number of nitrogens with one attached hydrogen (secondary N) is 1. The summed E-state index contributed by atoms with van der Waals surface area (Å²) in [7, 11) is 0. The quantitative estimate of drug-likeness (QED) is 0.733. The van der Waals surface area contributed by atoms with Crippen molar-refractivity contribution in [3.8, 4) is 0 Å². The van der Waals surface area contributed by atoms with E-state index in [1.54, 1.807) is 0 Å². The second-order valence-corrected chi connectivity index (χ2v) is 6.33. The molecule has 19 heavy (non-hydrogen) atoms. The first kappa shape index (κ1) is 16.2. The van der Waals surface area contributed by atoms with E-state index in [0.29, 0.717) is 23.8 Å². The molecule has 1 aromatic carbocycles. The van der Waals surface area contributed by atoms with Gasteiger partial charge in [-0.25, -0.2) is 0 Å². The Labute approximate surface area is 119 Å². The van der Waals surface area contributed by atoms with E-state index in [4.69, 9.17) is 0 Å². The van der Waals surface area contributed by atoms with Crippen molar-refractivity contribution in [1.29, 1.82) is 0 Å². The number of benzene rings is 1. The molecule has 0 spiro atoms. The average Bonchev–Trinajstić information content (AvgIpc) is 2.38. The van der Waals surface area contributed by atoms with E-state index in [1.807, 2.05) is 0 Å². The maximum atomic E-state index is 3.70. The highest BCUT2D eigenvalue weighted by molar-refractivity contribution is 5.27. The molecule has 0 radical (unpaired) electrons. The molecule has 0 saturated heterocycles. The van der Waals surface area contributed by atoms with Crippen LogP contribution in [0, 0.1) is 5.92 Å². The maximum Gasteiger partial charge on any atom is 0.0156 e. The Morgan fingerprint density at radius 1 is 0.895 bits per heavy atom. The summed E-state index contributed by atoms with van der Waals surface area (Å²) < 4.78 is 0. The molecule has 1 N–H and O–H groups in total. The molecule has 0 heterocycles. The van der Waals surface area contributed by atoms with Crippen LogP contribution in [0.15, 0.2) is 24.3 Å². The topological polar surface area (TPSA) is 12.0 Å². The van der Waals surface area contributed by atoms with Gasteiger partial charge in [-0.2, -0.15) is 0 Å². The molecule has 1 nitrogen and oxygen atoms in total. The summed E-state index contributed by atoms with van der Waals surface area (Å²) in [5.74, 6) is 1.84. The van der Waals surface area contributed by atoms with Gasteiger partial charge in [-0.05, 0) is 41.8 Å². The molecule has 1 rings (SSSR count). The highest BCUT2D eigenvalue weighted by Crippen LogP contribution is 2.25. The van der Waals surface area contributed by atoms with Gasteiger partial charge in [0.15, 0.2) is 0 Å². The largest absolute Gasteiger partial charge is 0.313 e. The Hall–Kier alpha value is -0.820. The van der Waals surface area contributed by atoms with Gasteiger partial charge in [0.1, 0.15) is 0 Å². The minimum atomic E-state index is 0.560. The molecule has 0 saturated carbocycles. The summed E-state index contributed by atoms with van der Waals surface area (Å²) in [5.41, 5.74) is 2.88. The van der Waals surface area contributed by atoms with Crippen LogP contribution in [0.1, 0.15) is 70.9 Å². The predicted molar refractivity (Wildman–Crippen MR) is 85.9 cm³/mol. The summed E-state index contributed by atoms with van der Waals surface area (Å²) in [4.78, 5) is 0.